The summed E-state index contributed by atoms with van der Waals surface area (Å²) in [5, 5.41) is 13.4. The van der Waals surface area contributed by atoms with Crippen molar-refractivity contribution >= 4 is 10.9 Å². The average Bonchev–Trinajstić information content (AvgIpc) is 3.40. The first kappa shape index (κ1) is 26.1. The molecule has 5 rings (SSSR count). The number of ether oxygens (including phenoxy) is 2. The van der Waals surface area contributed by atoms with Gasteiger partial charge in [0.1, 0.15) is 11.5 Å². The lowest BCUT2D eigenvalue weighted by Gasteiger charge is -2.22. The summed E-state index contributed by atoms with van der Waals surface area (Å²) in [4.78, 5) is 18.3. The number of hydrogen-bond donors (Lipinski definition) is 1. The van der Waals surface area contributed by atoms with Crippen LogP contribution in [0.3, 0.4) is 0 Å². The molecule has 9 nitrogen and oxygen atoms in total. The lowest BCUT2D eigenvalue weighted by Crippen LogP contribution is -2.28. The van der Waals surface area contributed by atoms with E-state index < -0.39 is 0 Å². The van der Waals surface area contributed by atoms with Crippen molar-refractivity contribution in [1.29, 1.82) is 0 Å². The Kier molecular flexibility index (Phi) is 8.28. The quantitative estimate of drug-likeness (QED) is 0.259. The van der Waals surface area contributed by atoms with Gasteiger partial charge >= 0.3 is 0 Å². The number of aromatic nitrogens is 5. The van der Waals surface area contributed by atoms with Gasteiger partial charge in [-0.3, -0.25) is 9.69 Å². The van der Waals surface area contributed by atoms with Gasteiger partial charge in [-0.15, -0.1) is 5.10 Å². The summed E-state index contributed by atoms with van der Waals surface area (Å²) >= 11 is 0. The number of tetrazole rings is 1. The smallest absolute Gasteiger partial charge is 0.252 e. The molecule has 3 aromatic carbocycles. The van der Waals surface area contributed by atoms with Gasteiger partial charge in [0.05, 0.1) is 20.3 Å². The molecule has 0 bridgehead atoms. The highest BCUT2D eigenvalue weighted by atomic mass is 16.5. The van der Waals surface area contributed by atoms with Crippen molar-refractivity contribution in [2.45, 2.75) is 39.5 Å². The number of H-pyrrole nitrogens is 1. The standard InChI is InChI=1S/C30H32N6O3/c1-3-39-27-13-14-28-24(18-27)17-25(30(37)31-28)20-35(19-23-9-11-26(38-2)12-10-23)21-29-32-33-34-36(29)16-15-22-7-5-4-6-8-22/h4-14,17-18H,3,15-16,19-21H2,1-2H3,(H,31,37). The first-order valence-electron chi connectivity index (χ1n) is 13.0. The third kappa shape index (κ3) is 6.69. The fourth-order valence-electron chi connectivity index (χ4n) is 4.59. The number of pyridine rings is 1. The van der Waals surface area contributed by atoms with E-state index in [1.165, 1.54) is 5.56 Å². The minimum absolute atomic E-state index is 0.116. The van der Waals surface area contributed by atoms with E-state index in [0.717, 1.165) is 40.2 Å². The van der Waals surface area contributed by atoms with Crippen LogP contribution in [-0.4, -0.2) is 43.8 Å². The molecular formula is C30H32N6O3. The van der Waals surface area contributed by atoms with Crippen LogP contribution in [0.25, 0.3) is 10.9 Å². The fraction of sp³-hybridized carbons (Fsp3) is 0.267. The molecule has 2 heterocycles. The molecule has 0 saturated carbocycles. The maximum Gasteiger partial charge on any atom is 0.252 e. The highest BCUT2D eigenvalue weighted by Crippen LogP contribution is 2.21. The van der Waals surface area contributed by atoms with E-state index in [1.807, 2.05) is 78.3 Å². The van der Waals surface area contributed by atoms with Crippen LogP contribution in [0.2, 0.25) is 0 Å². The van der Waals surface area contributed by atoms with Crippen LogP contribution in [0.5, 0.6) is 11.5 Å². The van der Waals surface area contributed by atoms with Crippen molar-refractivity contribution in [1.82, 2.24) is 30.1 Å². The van der Waals surface area contributed by atoms with Crippen LogP contribution in [0.4, 0.5) is 0 Å². The zero-order valence-electron chi connectivity index (χ0n) is 22.2. The first-order valence-corrected chi connectivity index (χ1v) is 13.0. The molecule has 0 radical (unpaired) electrons. The maximum atomic E-state index is 13.1. The SMILES string of the molecule is CCOc1ccc2[nH]c(=O)c(CN(Cc3ccc(OC)cc3)Cc3nnnn3CCc3ccccc3)cc2c1. The molecule has 2 aromatic heterocycles. The Morgan fingerprint density at radius 2 is 1.69 bits per heavy atom. The molecule has 200 valence electrons. The van der Waals surface area contributed by atoms with E-state index in [2.05, 4.69) is 37.5 Å². The van der Waals surface area contributed by atoms with Crippen molar-refractivity contribution in [2.24, 2.45) is 0 Å². The lowest BCUT2D eigenvalue weighted by atomic mass is 10.1. The van der Waals surface area contributed by atoms with Gasteiger partial charge in [0.2, 0.25) is 0 Å². The van der Waals surface area contributed by atoms with Crippen LogP contribution in [0.1, 0.15) is 29.4 Å². The Morgan fingerprint density at radius 3 is 2.46 bits per heavy atom. The zero-order valence-corrected chi connectivity index (χ0v) is 22.2. The van der Waals surface area contributed by atoms with Gasteiger partial charge in [0.25, 0.3) is 5.56 Å². The summed E-state index contributed by atoms with van der Waals surface area (Å²) in [6, 6.07) is 25.9. The van der Waals surface area contributed by atoms with E-state index in [0.29, 0.717) is 38.3 Å². The highest BCUT2D eigenvalue weighted by Gasteiger charge is 2.16. The summed E-state index contributed by atoms with van der Waals surface area (Å²) in [6.45, 7) is 4.70. The van der Waals surface area contributed by atoms with E-state index in [-0.39, 0.29) is 5.56 Å². The minimum atomic E-state index is -0.116. The third-order valence-corrected chi connectivity index (χ3v) is 6.59. The molecule has 0 saturated heterocycles. The number of fused-ring (bicyclic) bond motifs is 1. The van der Waals surface area contributed by atoms with Crippen molar-refractivity contribution < 1.29 is 9.47 Å². The van der Waals surface area contributed by atoms with Crippen molar-refractivity contribution in [3.63, 3.8) is 0 Å². The van der Waals surface area contributed by atoms with Gasteiger partial charge < -0.3 is 14.5 Å². The molecule has 0 fully saturated rings. The number of benzene rings is 3. The number of hydrogen-bond acceptors (Lipinski definition) is 7. The molecule has 0 aliphatic rings. The molecule has 0 unspecified atom stereocenters. The van der Waals surface area contributed by atoms with Gasteiger partial charge in [-0.05, 0) is 71.3 Å². The Balaban J connectivity index is 1.41. The largest absolute Gasteiger partial charge is 0.497 e. The monoisotopic (exact) mass is 524 g/mol. The van der Waals surface area contributed by atoms with E-state index in [4.69, 9.17) is 9.47 Å². The number of aryl methyl sites for hydroxylation is 2. The molecule has 0 aliphatic heterocycles. The highest BCUT2D eigenvalue weighted by molar-refractivity contribution is 5.80. The number of aromatic amines is 1. The van der Waals surface area contributed by atoms with Crippen molar-refractivity contribution in [3.8, 4) is 11.5 Å². The Morgan fingerprint density at radius 1 is 0.897 bits per heavy atom. The van der Waals surface area contributed by atoms with Crippen molar-refractivity contribution in [2.75, 3.05) is 13.7 Å². The van der Waals surface area contributed by atoms with Gasteiger partial charge in [0, 0.05) is 36.1 Å². The normalized spacial score (nSPS) is 11.3. The Bertz CT molecular complexity index is 1560. The Hall–Kier alpha value is -4.50. The number of rotatable bonds is 12. The zero-order chi connectivity index (χ0) is 27.0. The molecule has 5 aromatic rings. The second kappa shape index (κ2) is 12.4. The molecule has 0 atom stereocenters. The second-order valence-electron chi connectivity index (χ2n) is 9.35. The summed E-state index contributed by atoms with van der Waals surface area (Å²) in [7, 11) is 1.65. The Labute approximate surface area is 227 Å². The maximum absolute atomic E-state index is 13.1. The predicted octanol–water partition coefficient (Wildman–Crippen LogP) is 4.37. The fourth-order valence-corrected chi connectivity index (χ4v) is 4.59. The molecule has 0 amide bonds. The van der Waals surface area contributed by atoms with E-state index in [9.17, 15) is 4.79 Å². The van der Waals surface area contributed by atoms with Gasteiger partial charge in [-0.25, -0.2) is 4.68 Å². The first-order chi connectivity index (χ1) is 19.1. The van der Waals surface area contributed by atoms with Crippen LogP contribution in [0, 0.1) is 0 Å². The van der Waals surface area contributed by atoms with Gasteiger partial charge in [-0.1, -0.05) is 42.5 Å². The summed E-state index contributed by atoms with van der Waals surface area (Å²) in [5.41, 5.74) is 3.64. The van der Waals surface area contributed by atoms with Crippen LogP contribution < -0.4 is 15.0 Å². The van der Waals surface area contributed by atoms with Crippen molar-refractivity contribution in [3.05, 3.63) is 112 Å². The summed E-state index contributed by atoms with van der Waals surface area (Å²) in [6.07, 6.45) is 0.823. The van der Waals surface area contributed by atoms with Gasteiger partial charge in [0.15, 0.2) is 5.82 Å². The number of methoxy groups -OCH3 is 1. The predicted molar refractivity (Wildman–Crippen MR) is 150 cm³/mol. The lowest BCUT2D eigenvalue weighted by molar-refractivity contribution is 0.235. The number of nitrogens with zero attached hydrogens (tertiary/aromatic N) is 5. The topological polar surface area (TPSA) is 98.2 Å². The minimum Gasteiger partial charge on any atom is -0.497 e. The van der Waals surface area contributed by atoms with Crippen LogP contribution in [-0.2, 0) is 32.6 Å². The molecule has 0 aliphatic carbocycles. The van der Waals surface area contributed by atoms with E-state index >= 15 is 0 Å². The van der Waals surface area contributed by atoms with E-state index in [1.54, 1.807) is 7.11 Å². The molecule has 9 heteroatoms. The summed E-state index contributed by atoms with van der Waals surface area (Å²) < 4.78 is 12.8. The molecule has 0 spiro atoms. The average molecular weight is 525 g/mol. The molecule has 1 N–H and O–H groups in total. The molecular weight excluding hydrogens is 492 g/mol. The van der Waals surface area contributed by atoms with Crippen LogP contribution >= 0.6 is 0 Å². The third-order valence-electron chi connectivity index (χ3n) is 6.59. The summed E-state index contributed by atoms with van der Waals surface area (Å²) in [5.74, 6) is 2.32. The van der Waals surface area contributed by atoms with Gasteiger partial charge in [-0.2, -0.15) is 0 Å². The van der Waals surface area contributed by atoms with Crippen LogP contribution in [0.15, 0.2) is 83.7 Å². The molecule has 39 heavy (non-hydrogen) atoms. The number of nitrogens with one attached hydrogen (secondary N) is 1. The second-order valence-corrected chi connectivity index (χ2v) is 9.35.